The minimum absolute atomic E-state index is 0.773. The molecule has 4 heteroatoms. The van der Waals surface area contributed by atoms with Crippen molar-refractivity contribution in [3.05, 3.63) is 0 Å². The van der Waals surface area contributed by atoms with Crippen LogP contribution in [-0.4, -0.2) is 23.0 Å². The van der Waals surface area contributed by atoms with Crippen LogP contribution in [0.3, 0.4) is 0 Å². The fourth-order valence-corrected chi connectivity index (χ4v) is 0. The Kier molecular flexibility index (Phi) is 3.35. The smallest absolute Gasteiger partial charge is 0.266 e. The van der Waals surface area contributed by atoms with Crippen molar-refractivity contribution >= 4 is 18.2 Å². The van der Waals surface area contributed by atoms with Gasteiger partial charge in [0.2, 0.25) is 9.28 Å². The minimum Gasteiger partial charge on any atom is -0.434 e. The van der Waals surface area contributed by atoms with Crippen molar-refractivity contribution in [2.24, 2.45) is 0 Å². The third kappa shape index (κ3) is 2.19. The van der Waals surface area contributed by atoms with Gasteiger partial charge in [0.1, 0.15) is 0 Å². The first-order valence-corrected chi connectivity index (χ1v) is 5.33. The molecule has 0 unspecified atom stereocenters. The van der Waals surface area contributed by atoms with E-state index in [1.54, 1.807) is 0 Å². The van der Waals surface area contributed by atoms with Gasteiger partial charge in [0.05, 0.1) is 0 Å². The Balaban J connectivity index is 2.30. The van der Waals surface area contributed by atoms with Crippen LogP contribution >= 0.6 is 0 Å². The van der Waals surface area contributed by atoms with E-state index in [1.165, 1.54) is 0 Å². The quantitative estimate of drug-likeness (QED) is 0.371. The van der Waals surface area contributed by atoms with Gasteiger partial charge in [0.15, 0.2) is 0 Å². The molecule has 0 saturated heterocycles. The van der Waals surface area contributed by atoms with Gasteiger partial charge in [-0.15, -0.1) is 0 Å². The average Bonchev–Trinajstić information content (AvgIpc) is 1.37. The number of rotatable bonds is 1. The molecule has 4 heavy (non-hydrogen) atoms. The Morgan fingerprint density at radius 1 is 2.00 bits per heavy atom. The molecule has 0 atom stereocenters. The SMILES string of the molecule is O=[SiH][SiH2]O. The molecule has 0 aromatic rings. The molecule has 0 aliphatic heterocycles. The number of hydrogen-bond acceptors (Lipinski definition) is 2. The zero-order valence-corrected chi connectivity index (χ0v) is 4.71. The molecule has 0 saturated carbocycles. The van der Waals surface area contributed by atoms with Crippen LogP contribution in [-0.2, 0) is 4.46 Å². The van der Waals surface area contributed by atoms with Crippen molar-refractivity contribution in [3.63, 3.8) is 0 Å². The van der Waals surface area contributed by atoms with Crippen molar-refractivity contribution < 1.29 is 9.26 Å². The van der Waals surface area contributed by atoms with Crippen LogP contribution in [0, 0.1) is 0 Å². The molecule has 0 radical (unpaired) electrons. The van der Waals surface area contributed by atoms with Crippen LogP contribution in [0.1, 0.15) is 0 Å². The van der Waals surface area contributed by atoms with Crippen molar-refractivity contribution in [1.29, 1.82) is 0 Å². The Bertz CT molecular complexity index is 18.0. The normalized spacial score (nSPS) is 9.25. The van der Waals surface area contributed by atoms with E-state index in [4.69, 9.17) is 4.80 Å². The van der Waals surface area contributed by atoms with E-state index in [1.807, 2.05) is 0 Å². The first-order valence-electron chi connectivity index (χ1n) is 0.960. The highest BCUT2D eigenvalue weighted by atomic mass is 29.1. The van der Waals surface area contributed by atoms with E-state index in [-0.39, 0.29) is 0 Å². The summed E-state index contributed by atoms with van der Waals surface area (Å²) in [5.41, 5.74) is 0. The second-order valence-corrected chi connectivity index (χ2v) is 3.14. The molecular weight excluding hydrogens is 88.2 g/mol. The van der Waals surface area contributed by atoms with Crippen LogP contribution in [0.2, 0.25) is 0 Å². The standard InChI is InChI=1S/H4O2Si2/c1-3-4-2/h1,4H,3H2. The predicted octanol–water partition coefficient (Wildman–Crippen LogP) is -2.24. The molecule has 0 fully saturated rings. The first kappa shape index (κ1) is 4.19. The van der Waals surface area contributed by atoms with Crippen molar-refractivity contribution in [3.8, 4) is 0 Å². The fourth-order valence-electron chi connectivity index (χ4n) is 0. The van der Waals surface area contributed by atoms with E-state index in [0.29, 0.717) is 0 Å². The molecule has 0 aromatic heterocycles. The summed E-state index contributed by atoms with van der Waals surface area (Å²) in [4.78, 5) is 7.74. The van der Waals surface area contributed by atoms with Gasteiger partial charge in [-0.1, -0.05) is 0 Å². The van der Waals surface area contributed by atoms with Crippen LogP contribution in [0.5, 0.6) is 0 Å². The summed E-state index contributed by atoms with van der Waals surface area (Å²) in [5.74, 6) is 0. The summed E-state index contributed by atoms with van der Waals surface area (Å²) < 4.78 is 9.19. The highest BCUT2D eigenvalue weighted by Gasteiger charge is 1.61. The summed E-state index contributed by atoms with van der Waals surface area (Å²) in [6, 6.07) is 0. The second kappa shape index (κ2) is 3.19. The van der Waals surface area contributed by atoms with Gasteiger partial charge in [0.25, 0.3) is 8.92 Å². The summed E-state index contributed by atoms with van der Waals surface area (Å²) in [6.45, 7) is 0. The molecule has 0 heterocycles. The zero-order valence-electron chi connectivity index (χ0n) is 2.14. The molecule has 1 N–H and O–H groups in total. The van der Waals surface area contributed by atoms with Gasteiger partial charge in [-0.2, -0.15) is 0 Å². The van der Waals surface area contributed by atoms with Gasteiger partial charge in [0, 0.05) is 0 Å². The number of hydrogen-bond donors (Lipinski definition) is 1. The third-order valence-corrected chi connectivity index (χ3v) is 0.671. The summed E-state index contributed by atoms with van der Waals surface area (Å²) in [6.07, 6.45) is 0. The molecular formula is H4O2Si2. The van der Waals surface area contributed by atoms with Gasteiger partial charge in [-0.25, -0.2) is 0 Å². The van der Waals surface area contributed by atoms with E-state index >= 15 is 0 Å². The maximum Gasteiger partial charge on any atom is 0.266 e. The molecule has 0 aliphatic rings. The maximum atomic E-state index is 9.19. The zero-order chi connectivity index (χ0) is 3.41. The second-order valence-electron chi connectivity index (χ2n) is 0.349. The monoisotopic (exact) mass is 92.0 g/mol. The topological polar surface area (TPSA) is 37.3 Å². The Morgan fingerprint density at radius 3 is 2.25 bits per heavy atom. The van der Waals surface area contributed by atoms with E-state index in [0.717, 1.165) is 0 Å². The molecule has 0 bridgehead atoms. The highest BCUT2D eigenvalue weighted by molar-refractivity contribution is 6.88. The highest BCUT2D eigenvalue weighted by Crippen LogP contribution is 1.17. The maximum absolute atomic E-state index is 9.19. The molecule has 0 amide bonds. The summed E-state index contributed by atoms with van der Waals surface area (Å²) in [5, 5.41) is 0. The molecule has 0 aromatic carbocycles. The molecule has 0 spiro atoms. The van der Waals surface area contributed by atoms with Gasteiger partial charge in [-0.05, 0) is 0 Å². The van der Waals surface area contributed by atoms with Crippen molar-refractivity contribution in [1.82, 2.24) is 0 Å². The molecule has 0 rings (SSSR count). The van der Waals surface area contributed by atoms with Crippen LogP contribution in [0.4, 0.5) is 0 Å². The minimum atomic E-state index is -1.05. The lowest BCUT2D eigenvalue weighted by Crippen LogP contribution is -1.86. The molecule has 2 nitrogen and oxygen atoms in total. The van der Waals surface area contributed by atoms with Crippen molar-refractivity contribution in [2.75, 3.05) is 0 Å². The summed E-state index contributed by atoms with van der Waals surface area (Å²) >= 11 is 0. The van der Waals surface area contributed by atoms with Crippen LogP contribution < -0.4 is 0 Å². The lowest BCUT2D eigenvalue weighted by atomic mass is 15.9. The molecule has 0 aliphatic carbocycles. The fraction of sp³-hybridized carbons (Fsp3) is 0. The predicted molar refractivity (Wildman–Crippen MR) is 18.6 cm³/mol. The Morgan fingerprint density at radius 2 is 2.25 bits per heavy atom. The van der Waals surface area contributed by atoms with Gasteiger partial charge in [-0.3, -0.25) is 0 Å². The molecule has 24 valence electrons. The van der Waals surface area contributed by atoms with Crippen molar-refractivity contribution in [2.45, 2.75) is 0 Å². The first-order chi connectivity index (χ1) is 1.91. The summed E-state index contributed by atoms with van der Waals surface area (Å²) in [7, 11) is -1.82. The Labute approximate surface area is 28.5 Å². The van der Waals surface area contributed by atoms with E-state index in [2.05, 4.69) is 0 Å². The van der Waals surface area contributed by atoms with E-state index in [9.17, 15) is 4.46 Å². The van der Waals surface area contributed by atoms with Gasteiger partial charge >= 0.3 is 0 Å². The van der Waals surface area contributed by atoms with Crippen LogP contribution in [0.25, 0.3) is 0 Å². The third-order valence-electron chi connectivity index (χ3n) is 0.0745. The largest absolute Gasteiger partial charge is 0.434 e. The van der Waals surface area contributed by atoms with E-state index < -0.39 is 18.2 Å². The Hall–Kier alpha value is 0.194. The lowest BCUT2D eigenvalue weighted by Gasteiger charge is -1.50. The van der Waals surface area contributed by atoms with Crippen LogP contribution in [0.15, 0.2) is 0 Å². The lowest BCUT2D eigenvalue weighted by molar-refractivity contribution is 0.571. The van der Waals surface area contributed by atoms with Gasteiger partial charge < -0.3 is 9.26 Å². The average molecular weight is 92.2 g/mol.